The molecule has 0 radical (unpaired) electrons. The molecular weight excluding hydrogens is 260 g/mol. The maximum Gasteiger partial charge on any atom is 0.134 e. The Morgan fingerprint density at radius 1 is 0.762 bits per heavy atom. The van der Waals surface area contributed by atoms with Gasteiger partial charge in [-0.25, -0.2) is 0 Å². The molecule has 2 rings (SSSR count). The van der Waals surface area contributed by atoms with E-state index in [0.29, 0.717) is 11.4 Å². The molecule has 2 aromatic carbocycles. The number of nitrogens with two attached hydrogens (primary N) is 2. The highest BCUT2D eigenvalue weighted by Crippen LogP contribution is 2.32. The highest BCUT2D eigenvalue weighted by molar-refractivity contribution is 5.66. The van der Waals surface area contributed by atoms with Crippen molar-refractivity contribution in [2.24, 2.45) is 0 Å². The third-order valence-corrected chi connectivity index (χ3v) is 2.98. The molecule has 4 N–H and O–H groups in total. The normalized spacial score (nSPS) is 11.3. The maximum absolute atomic E-state index is 6.04. The first-order valence-electron chi connectivity index (χ1n) is 6.86. The summed E-state index contributed by atoms with van der Waals surface area (Å²) >= 11 is 0. The lowest BCUT2D eigenvalue weighted by molar-refractivity contribution is 0.480. The molecule has 0 fully saturated rings. The van der Waals surface area contributed by atoms with Crippen LogP contribution in [0.5, 0.6) is 11.5 Å². The molecule has 0 aliphatic heterocycles. The summed E-state index contributed by atoms with van der Waals surface area (Å²) in [4.78, 5) is 0. The number of benzene rings is 2. The van der Waals surface area contributed by atoms with Crippen LogP contribution < -0.4 is 16.2 Å². The van der Waals surface area contributed by atoms with Gasteiger partial charge in [0.1, 0.15) is 11.5 Å². The van der Waals surface area contributed by atoms with Crippen LogP contribution in [0.1, 0.15) is 25.0 Å². The van der Waals surface area contributed by atoms with Gasteiger partial charge in [0.05, 0.1) is 0 Å². The quantitative estimate of drug-likeness (QED) is 0.797. The number of hydrogen-bond acceptors (Lipinski definition) is 3. The van der Waals surface area contributed by atoms with E-state index in [2.05, 4.69) is 0 Å². The molecule has 21 heavy (non-hydrogen) atoms. The number of rotatable bonds is 4. The summed E-state index contributed by atoms with van der Waals surface area (Å²) in [5, 5.41) is 0. The molecule has 0 aliphatic carbocycles. The van der Waals surface area contributed by atoms with Crippen molar-refractivity contribution in [2.75, 3.05) is 11.5 Å². The fraction of sp³-hybridized carbons (Fsp3) is 0.111. The first kappa shape index (κ1) is 14.7. The molecule has 108 valence electrons. The van der Waals surface area contributed by atoms with Gasteiger partial charge in [0, 0.05) is 22.5 Å². The molecule has 0 saturated heterocycles. The zero-order valence-corrected chi connectivity index (χ0v) is 12.3. The average molecular weight is 280 g/mol. The van der Waals surface area contributed by atoms with E-state index in [0.717, 1.165) is 22.6 Å². The molecule has 0 aromatic heterocycles. The lowest BCUT2D eigenvalue weighted by Gasteiger charge is -2.12. The van der Waals surface area contributed by atoms with E-state index in [-0.39, 0.29) is 0 Å². The Bertz CT molecular complexity index is 628. The van der Waals surface area contributed by atoms with Gasteiger partial charge in [-0.15, -0.1) is 0 Å². The second-order valence-electron chi connectivity index (χ2n) is 4.70. The Balaban J connectivity index is 2.43. The van der Waals surface area contributed by atoms with Crippen molar-refractivity contribution in [1.82, 2.24) is 0 Å². The number of hydrogen-bond donors (Lipinski definition) is 2. The Kier molecular flexibility index (Phi) is 4.67. The van der Waals surface area contributed by atoms with E-state index in [1.54, 1.807) is 0 Å². The van der Waals surface area contributed by atoms with E-state index in [1.165, 1.54) is 0 Å². The minimum atomic E-state index is 0.710. The van der Waals surface area contributed by atoms with Gasteiger partial charge in [0.25, 0.3) is 0 Å². The fourth-order valence-corrected chi connectivity index (χ4v) is 2.06. The van der Waals surface area contributed by atoms with E-state index in [1.807, 2.05) is 74.5 Å². The molecular formula is C18H20N2O. The van der Waals surface area contributed by atoms with Crippen molar-refractivity contribution in [1.29, 1.82) is 0 Å². The van der Waals surface area contributed by atoms with Crippen molar-refractivity contribution in [2.45, 2.75) is 13.8 Å². The topological polar surface area (TPSA) is 61.3 Å². The van der Waals surface area contributed by atoms with Gasteiger partial charge in [0.2, 0.25) is 0 Å². The third-order valence-electron chi connectivity index (χ3n) is 2.98. The highest BCUT2D eigenvalue weighted by Gasteiger charge is 2.07. The minimum absolute atomic E-state index is 0.710. The first-order valence-corrected chi connectivity index (χ1v) is 6.86. The average Bonchev–Trinajstić information content (AvgIpc) is 2.45. The predicted octanol–water partition coefficient (Wildman–Crippen LogP) is 4.71. The summed E-state index contributed by atoms with van der Waals surface area (Å²) in [6, 6.07) is 11.2. The fourth-order valence-electron chi connectivity index (χ4n) is 2.06. The molecule has 3 heteroatoms. The number of nitrogen functional groups attached to an aromatic ring is 2. The van der Waals surface area contributed by atoms with Gasteiger partial charge in [0.15, 0.2) is 0 Å². The zero-order valence-electron chi connectivity index (χ0n) is 12.3. The van der Waals surface area contributed by atoms with Crippen LogP contribution in [-0.4, -0.2) is 0 Å². The van der Waals surface area contributed by atoms with Gasteiger partial charge < -0.3 is 16.2 Å². The second kappa shape index (κ2) is 6.66. The molecule has 0 atom stereocenters. The van der Waals surface area contributed by atoms with Crippen LogP contribution in [0.2, 0.25) is 0 Å². The third kappa shape index (κ3) is 3.66. The van der Waals surface area contributed by atoms with Crippen LogP contribution in [0, 0.1) is 0 Å². The van der Waals surface area contributed by atoms with Crippen molar-refractivity contribution < 1.29 is 4.74 Å². The molecule has 0 bridgehead atoms. The maximum atomic E-state index is 6.04. The van der Waals surface area contributed by atoms with E-state index in [4.69, 9.17) is 16.2 Å². The Morgan fingerprint density at radius 3 is 1.57 bits per heavy atom. The van der Waals surface area contributed by atoms with Crippen LogP contribution in [0.3, 0.4) is 0 Å². The van der Waals surface area contributed by atoms with Gasteiger partial charge in [-0.05, 0) is 50.2 Å². The predicted molar refractivity (Wildman–Crippen MR) is 91.2 cm³/mol. The van der Waals surface area contributed by atoms with Crippen LogP contribution in [0.15, 0.2) is 48.6 Å². The summed E-state index contributed by atoms with van der Waals surface area (Å²) in [5.74, 6) is 1.52. The van der Waals surface area contributed by atoms with Crippen molar-refractivity contribution in [3.8, 4) is 11.5 Å². The summed E-state index contributed by atoms with van der Waals surface area (Å²) in [6.07, 6.45) is 7.85. The van der Waals surface area contributed by atoms with Crippen LogP contribution in [0.25, 0.3) is 12.2 Å². The Morgan fingerprint density at radius 2 is 1.19 bits per heavy atom. The lowest BCUT2D eigenvalue weighted by atomic mass is 10.1. The van der Waals surface area contributed by atoms with Crippen molar-refractivity contribution >= 4 is 23.5 Å². The standard InChI is InChI=1S/C18H20N2O/c1-3-5-13-11-15(19)7-9-17(13)21-18-10-8-16(20)12-14(18)6-4-2/h3-12H,19-20H2,1-2H3. The second-order valence-corrected chi connectivity index (χ2v) is 4.70. The van der Waals surface area contributed by atoms with Crippen molar-refractivity contribution in [3.05, 3.63) is 59.7 Å². The molecule has 0 spiro atoms. The molecule has 2 aromatic rings. The molecule has 0 aliphatic rings. The monoisotopic (exact) mass is 280 g/mol. The van der Waals surface area contributed by atoms with Gasteiger partial charge in [-0.1, -0.05) is 24.3 Å². The summed E-state index contributed by atoms with van der Waals surface area (Å²) in [5.41, 5.74) is 15.0. The van der Waals surface area contributed by atoms with Crippen LogP contribution >= 0.6 is 0 Å². The smallest absolute Gasteiger partial charge is 0.134 e. The number of ether oxygens (including phenoxy) is 1. The Labute approximate surface area is 125 Å². The van der Waals surface area contributed by atoms with Crippen molar-refractivity contribution in [3.63, 3.8) is 0 Å². The van der Waals surface area contributed by atoms with E-state index in [9.17, 15) is 0 Å². The number of anilines is 2. The highest BCUT2D eigenvalue weighted by atomic mass is 16.5. The van der Waals surface area contributed by atoms with E-state index >= 15 is 0 Å². The number of allylic oxidation sites excluding steroid dienone is 2. The van der Waals surface area contributed by atoms with Crippen LogP contribution in [0.4, 0.5) is 11.4 Å². The lowest BCUT2D eigenvalue weighted by Crippen LogP contribution is -1.94. The molecule has 0 saturated carbocycles. The SMILES string of the molecule is CC=Cc1cc(N)ccc1Oc1ccc(N)cc1C=CC. The first-order chi connectivity index (χ1) is 10.1. The van der Waals surface area contributed by atoms with Crippen LogP contribution in [-0.2, 0) is 0 Å². The largest absolute Gasteiger partial charge is 0.456 e. The summed E-state index contributed by atoms with van der Waals surface area (Å²) < 4.78 is 6.04. The zero-order chi connectivity index (χ0) is 15.2. The molecule has 0 amide bonds. The minimum Gasteiger partial charge on any atom is -0.456 e. The molecule has 0 heterocycles. The summed E-state index contributed by atoms with van der Waals surface area (Å²) in [6.45, 7) is 3.92. The summed E-state index contributed by atoms with van der Waals surface area (Å²) in [7, 11) is 0. The van der Waals surface area contributed by atoms with Gasteiger partial charge in [-0.3, -0.25) is 0 Å². The van der Waals surface area contributed by atoms with Gasteiger partial charge in [-0.2, -0.15) is 0 Å². The van der Waals surface area contributed by atoms with E-state index < -0.39 is 0 Å². The van der Waals surface area contributed by atoms with Gasteiger partial charge >= 0.3 is 0 Å². The molecule has 0 unspecified atom stereocenters. The Hall–Kier alpha value is -2.68. The molecule has 3 nitrogen and oxygen atoms in total.